The van der Waals surface area contributed by atoms with E-state index < -0.39 is 121 Å². The van der Waals surface area contributed by atoms with E-state index in [1.807, 2.05) is 34.6 Å². The third-order valence-corrected chi connectivity index (χ3v) is 18.9. The fourth-order valence-corrected chi connectivity index (χ4v) is 14.5. The quantitative estimate of drug-likeness (QED) is 0.109. The Bertz CT molecular complexity index is 1950. The normalized spacial score (nSPS) is 49.8. The minimum atomic E-state index is -1.24. The Hall–Kier alpha value is -1.98. The summed E-state index contributed by atoms with van der Waals surface area (Å²) in [5.41, 5.74) is -0.484. The number of carbonyl (C=O) groups is 2. The molecule has 4 heterocycles. The molecule has 4 aliphatic heterocycles. The number of hydrogen-bond donors (Lipinski definition) is 3. The van der Waals surface area contributed by atoms with E-state index in [-0.39, 0.29) is 41.2 Å². The van der Waals surface area contributed by atoms with Crippen molar-refractivity contribution in [1.82, 2.24) is 0 Å². The molecule has 0 radical (unpaired) electrons. The summed E-state index contributed by atoms with van der Waals surface area (Å²) in [5, 5.41) is 34.9. The van der Waals surface area contributed by atoms with Gasteiger partial charge in [-0.25, -0.2) is 4.79 Å². The number of rotatable bonds is 15. The Morgan fingerprint density at radius 3 is 1.83 bits per heavy atom. The van der Waals surface area contributed by atoms with Gasteiger partial charge in [-0.2, -0.15) is 0 Å². The van der Waals surface area contributed by atoms with Gasteiger partial charge >= 0.3 is 5.97 Å². The van der Waals surface area contributed by atoms with Crippen molar-refractivity contribution in [2.75, 3.05) is 28.4 Å². The summed E-state index contributed by atoms with van der Waals surface area (Å²) in [4.78, 5) is 26.5. The predicted molar refractivity (Wildman–Crippen MR) is 258 cm³/mol. The monoisotopic (exact) mass is 1020 g/mol. The number of esters is 1. The highest BCUT2D eigenvalue weighted by atomic mass is 16.8. The molecule has 3 saturated carbocycles. The van der Waals surface area contributed by atoms with Crippen molar-refractivity contribution in [3.63, 3.8) is 0 Å². The van der Waals surface area contributed by atoms with Gasteiger partial charge < -0.3 is 76.9 Å². The predicted octanol–water partition coefficient (Wildman–Crippen LogP) is 5.23. The van der Waals surface area contributed by atoms with Crippen LogP contribution in [0.2, 0.25) is 0 Å². The molecule has 0 aromatic carbocycles. The summed E-state index contributed by atoms with van der Waals surface area (Å²) in [6, 6.07) is 0. The van der Waals surface area contributed by atoms with E-state index in [1.165, 1.54) is 19.8 Å². The van der Waals surface area contributed by atoms with Crippen LogP contribution in [-0.4, -0.2) is 178 Å². The maximum absolute atomic E-state index is 13.4. The van der Waals surface area contributed by atoms with Gasteiger partial charge in [0.2, 0.25) is 0 Å². The SMILES string of the molecule is C/C=C(\C)C(=O)O[C@@H]1CC2C(CC=C3C[C@@H](OC4CC(OC)C(OC5CC(OC)C(OC6OC(C)C(OC7CC(OC)C(O)C(C)O7)C(OC)C6O)C(C)O5)C(C)O4)CC[C@@]32C)[C@@]2(O)CCC(C(C)=O)[C@@]12C. The van der Waals surface area contributed by atoms with Gasteiger partial charge in [-0.15, -0.1) is 0 Å². The average Bonchev–Trinajstić information content (AvgIpc) is 3.64. The van der Waals surface area contributed by atoms with Crippen LogP contribution in [0.1, 0.15) is 127 Å². The Morgan fingerprint density at radius 1 is 0.667 bits per heavy atom. The van der Waals surface area contributed by atoms with Gasteiger partial charge in [0.05, 0.1) is 54.4 Å². The van der Waals surface area contributed by atoms with Gasteiger partial charge in [-0.3, -0.25) is 4.79 Å². The van der Waals surface area contributed by atoms with Crippen molar-refractivity contribution >= 4 is 11.8 Å². The number of hydrogen-bond acceptors (Lipinski definition) is 18. The van der Waals surface area contributed by atoms with E-state index in [0.29, 0.717) is 56.9 Å². The summed E-state index contributed by atoms with van der Waals surface area (Å²) >= 11 is 0. The van der Waals surface area contributed by atoms with Crippen molar-refractivity contribution < 1.29 is 86.5 Å². The van der Waals surface area contributed by atoms with Gasteiger partial charge in [0.25, 0.3) is 0 Å². The molecule has 0 spiro atoms. The molecule has 18 heteroatoms. The standard InChI is InChI=1S/C54H86O18/c1-14-26(2)50(58)69-40-22-36-35(54(59)20-18-34(27(3)55)53(40,54)9)16-15-32-21-33(17-19-52(32,36)8)68-41-24-38(61-11)46(29(5)65-41)70-43-25-39(62-12)47(30(6)66-43)72-51-45(57)49(63-13)48(31(7)67-51)71-42-23-37(60-10)44(56)28(4)64-42/h14-15,28-31,33-49,51,56-57,59H,16-25H2,1-13H3/b26-14+/t28?,29?,30?,31?,33-,34?,35?,36?,37?,38?,39?,40+,41?,42?,43?,44?,45?,46?,47?,48?,49?,51?,52-,53-,54-/m0/s1. The van der Waals surface area contributed by atoms with Gasteiger partial charge in [-0.1, -0.05) is 31.6 Å². The van der Waals surface area contributed by atoms with Gasteiger partial charge in [0.1, 0.15) is 48.5 Å². The van der Waals surface area contributed by atoms with Gasteiger partial charge in [-0.05, 0) is 111 Å². The van der Waals surface area contributed by atoms with Crippen molar-refractivity contribution in [3.8, 4) is 0 Å². The van der Waals surface area contributed by atoms with Crippen LogP contribution >= 0.6 is 0 Å². The van der Waals surface area contributed by atoms with Crippen LogP contribution < -0.4 is 0 Å². The van der Waals surface area contributed by atoms with Crippen LogP contribution in [0, 0.1) is 28.6 Å². The number of ketones is 1. The summed E-state index contributed by atoms with van der Waals surface area (Å²) in [5.74, 6) is -0.765. The second-order valence-electron chi connectivity index (χ2n) is 22.6. The topological polar surface area (TPSA) is 215 Å². The van der Waals surface area contributed by atoms with Crippen molar-refractivity contribution in [2.45, 2.75) is 249 Å². The van der Waals surface area contributed by atoms with E-state index in [9.17, 15) is 24.9 Å². The minimum absolute atomic E-state index is 0.0350. The third kappa shape index (κ3) is 10.3. The summed E-state index contributed by atoms with van der Waals surface area (Å²) in [6.07, 6.45) is -2.07. The zero-order valence-electron chi connectivity index (χ0n) is 44.9. The second-order valence-corrected chi connectivity index (χ2v) is 22.6. The lowest BCUT2D eigenvalue weighted by Gasteiger charge is -2.63. The molecule has 25 atom stereocenters. The zero-order valence-corrected chi connectivity index (χ0v) is 44.9. The van der Waals surface area contributed by atoms with Crippen LogP contribution in [-0.2, 0) is 71.2 Å². The lowest BCUT2D eigenvalue weighted by molar-refractivity contribution is -0.365. The maximum Gasteiger partial charge on any atom is 0.333 e. The molecular weight excluding hydrogens is 937 g/mol. The number of carbonyl (C=O) groups excluding carboxylic acids is 2. The molecule has 0 amide bonds. The number of Topliss-reactive ketones (excluding diaryl/α,β-unsaturated/α-hetero) is 1. The van der Waals surface area contributed by atoms with Crippen molar-refractivity contribution in [1.29, 1.82) is 0 Å². The largest absolute Gasteiger partial charge is 0.458 e. The number of aliphatic hydroxyl groups is 3. The molecule has 0 aromatic heterocycles. The molecule has 72 heavy (non-hydrogen) atoms. The van der Waals surface area contributed by atoms with Crippen LogP contribution in [0.25, 0.3) is 0 Å². The Balaban J connectivity index is 0.864. The number of methoxy groups -OCH3 is 4. The first kappa shape index (κ1) is 56.2. The first-order valence-corrected chi connectivity index (χ1v) is 26.6. The Labute approximate surface area is 426 Å². The van der Waals surface area contributed by atoms with Crippen LogP contribution in [0.5, 0.6) is 0 Å². The summed E-state index contributed by atoms with van der Waals surface area (Å²) in [7, 11) is 6.29. The Morgan fingerprint density at radius 2 is 1.24 bits per heavy atom. The molecule has 0 bridgehead atoms. The molecule has 8 rings (SSSR count). The highest BCUT2D eigenvalue weighted by molar-refractivity contribution is 5.88. The summed E-state index contributed by atoms with van der Waals surface area (Å²) < 4.78 is 81.1. The zero-order chi connectivity index (χ0) is 52.2. The smallest absolute Gasteiger partial charge is 0.333 e. The van der Waals surface area contributed by atoms with Crippen molar-refractivity contribution in [3.05, 3.63) is 23.3 Å². The Kier molecular flexibility index (Phi) is 17.6. The van der Waals surface area contributed by atoms with Crippen LogP contribution in [0.3, 0.4) is 0 Å². The molecule has 3 N–H and O–H groups in total. The first-order chi connectivity index (χ1) is 34.1. The molecule has 7 fully saturated rings. The highest BCUT2D eigenvalue weighted by Gasteiger charge is 2.71. The lowest BCUT2D eigenvalue weighted by atomic mass is 9.45. The molecule has 8 aliphatic rings. The van der Waals surface area contributed by atoms with Gasteiger partial charge in [0, 0.05) is 64.6 Å². The molecule has 0 aromatic rings. The first-order valence-electron chi connectivity index (χ1n) is 26.6. The average molecular weight is 1020 g/mol. The maximum atomic E-state index is 13.4. The third-order valence-electron chi connectivity index (χ3n) is 18.9. The van der Waals surface area contributed by atoms with Crippen molar-refractivity contribution in [2.24, 2.45) is 28.6 Å². The molecule has 4 saturated heterocycles. The fraction of sp³-hybridized carbons (Fsp3) is 0.889. The second kappa shape index (κ2) is 22.5. The summed E-state index contributed by atoms with van der Waals surface area (Å²) in [6.45, 7) is 16.8. The van der Waals surface area contributed by atoms with Crippen LogP contribution in [0.15, 0.2) is 23.3 Å². The van der Waals surface area contributed by atoms with Crippen LogP contribution in [0.4, 0.5) is 0 Å². The minimum Gasteiger partial charge on any atom is -0.458 e. The number of ether oxygens (including phenoxy) is 13. The molecule has 4 aliphatic carbocycles. The lowest BCUT2D eigenvalue weighted by Crippen LogP contribution is -2.66. The van der Waals surface area contributed by atoms with E-state index in [4.69, 9.17) is 61.6 Å². The van der Waals surface area contributed by atoms with E-state index in [2.05, 4.69) is 13.0 Å². The van der Waals surface area contributed by atoms with E-state index in [1.54, 1.807) is 41.1 Å². The number of allylic oxidation sites excluding steroid dienone is 2. The molecule has 18 nitrogen and oxygen atoms in total. The molecule has 410 valence electrons. The highest BCUT2D eigenvalue weighted by Crippen LogP contribution is 2.68. The fourth-order valence-electron chi connectivity index (χ4n) is 14.5. The number of aliphatic hydroxyl groups excluding tert-OH is 2. The van der Waals surface area contributed by atoms with Gasteiger partial charge in [0.15, 0.2) is 25.2 Å². The number of fused-ring (bicyclic) bond motifs is 5. The van der Waals surface area contributed by atoms with E-state index >= 15 is 0 Å². The van der Waals surface area contributed by atoms with E-state index in [0.717, 1.165) is 12.8 Å². The molecular formula is C54H86O18. The molecule has 20 unspecified atom stereocenters.